The highest BCUT2D eigenvalue weighted by Crippen LogP contribution is 2.15. The van der Waals surface area contributed by atoms with E-state index in [0.29, 0.717) is 12.8 Å². The summed E-state index contributed by atoms with van der Waals surface area (Å²) in [6.07, 6.45) is 10.1. The number of unbranched alkanes of at least 4 members (excludes halogenated alkanes) is 8. The molecule has 0 bridgehead atoms. The van der Waals surface area contributed by atoms with E-state index in [-0.39, 0.29) is 0 Å². The monoisotopic (exact) mass is 288 g/mol. The average molecular weight is 288 g/mol. The lowest BCUT2D eigenvalue weighted by Crippen LogP contribution is -2.37. The first kappa shape index (κ1) is 19.9. The van der Waals surface area contributed by atoms with Gasteiger partial charge in [-0.15, -0.1) is 0 Å². The second-order valence-electron chi connectivity index (χ2n) is 6.03. The van der Waals surface area contributed by atoms with E-state index < -0.39 is 18.3 Å². The molecule has 3 N–H and O–H groups in total. The summed E-state index contributed by atoms with van der Waals surface area (Å²) in [6.45, 7) is 4.32. The summed E-state index contributed by atoms with van der Waals surface area (Å²) in [4.78, 5) is 0. The number of hydrogen-bond donors (Lipinski definition) is 3. The molecule has 0 aliphatic heterocycles. The maximum Gasteiger partial charge on any atom is 0.106 e. The Hall–Kier alpha value is -0.120. The highest BCUT2D eigenvalue weighted by Gasteiger charge is 2.23. The van der Waals surface area contributed by atoms with Gasteiger partial charge < -0.3 is 15.3 Å². The second-order valence-corrected chi connectivity index (χ2v) is 6.03. The van der Waals surface area contributed by atoms with Gasteiger partial charge in [0.25, 0.3) is 0 Å². The van der Waals surface area contributed by atoms with Crippen LogP contribution in [0.4, 0.5) is 0 Å². The van der Waals surface area contributed by atoms with E-state index in [0.717, 1.165) is 32.1 Å². The van der Waals surface area contributed by atoms with Gasteiger partial charge in [0.2, 0.25) is 0 Å². The maximum atomic E-state index is 9.88. The molecule has 0 spiro atoms. The van der Waals surface area contributed by atoms with E-state index in [1.165, 1.54) is 32.1 Å². The average Bonchev–Trinajstić information content (AvgIpc) is 2.45. The summed E-state index contributed by atoms with van der Waals surface area (Å²) in [6, 6.07) is 0. The van der Waals surface area contributed by atoms with Crippen molar-refractivity contribution in [2.45, 2.75) is 109 Å². The van der Waals surface area contributed by atoms with Gasteiger partial charge in [0, 0.05) is 0 Å². The Morgan fingerprint density at radius 3 is 1.40 bits per heavy atom. The van der Waals surface area contributed by atoms with Crippen molar-refractivity contribution in [2.75, 3.05) is 0 Å². The molecule has 20 heavy (non-hydrogen) atoms. The van der Waals surface area contributed by atoms with Crippen LogP contribution in [0.25, 0.3) is 0 Å². The van der Waals surface area contributed by atoms with Gasteiger partial charge in [-0.25, -0.2) is 0 Å². The fourth-order valence-electron chi connectivity index (χ4n) is 2.51. The van der Waals surface area contributed by atoms with Crippen molar-refractivity contribution in [2.24, 2.45) is 0 Å². The highest BCUT2D eigenvalue weighted by atomic mass is 16.4. The second kappa shape index (κ2) is 13.8. The van der Waals surface area contributed by atoms with E-state index in [2.05, 4.69) is 13.8 Å². The zero-order valence-electron chi connectivity index (χ0n) is 13.6. The Bertz CT molecular complexity index is 197. The van der Waals surface area contributed by atoms with E-state index in [1.807, 2.05) is 0 Å². The van der Waals surface area contributed by atoms with Crippen molar-refractivity contribution in [3.05, 3.63) is 0 Å². The summed E-state index contributed by atoms with van der Waals surface area (Å²) in [5, 5.41) is 29.5. The van der Waals surface area contributed by atoms with Gasteiger partial charge in [-0.1, -0.05) is 78.1 Å². The molecule has 0 saturated carbocycles. The van der Waals surface area contributed by atoms with Crippen molar-refractivity contribution in [3.8, 4) is 0 Å². The Kier molecular flexibility index (Phi) is 13.8. The first-order chi connectivity index (χ1) is 9.63. The van der Waals surface area contributed by atoms with Crippen LogP contribution in [0, 0.1) is 0 Å². The fraction of sp³-hybridized carbons (Fsp3) is 1.00. The third-order valence-corrected chi connectivity index (χ3v) is 4.00. The molecule has 0 aromatic heterocycles. The first-order valence-electron chi connectivity index (χ1n) is 8.67. The molecule has 0 aromatic rings. The molecule has 0 aliphatic carbocycles. The van der Waals surface area contributed by atoms with Crippen LogP contribution in [0.3, 0.4) is 0 Å². The topological polar surface area (TPSA) is 60.7 Å². The fourth-order valence-corrected chi connectivity index (χ4v) is 2.51. The van der Waals surface area contributed by atoms with E-state index >= 15 is 0 Å². The number of rotatable bonds is 14. The predicted molar refractivity (Wildman–Crippen MR) is 84.8 cm³/mol. The minimum Gasteiger partial charge on any atom is -0.390 e. The first-order valence-corrected chi connectivity index (χ1v) is 8.67. The number of aliphatic hydroxyl groups excluding tert-OH is 3. The zero-order chi connectivity index (χ0) is 15.2. The summed E-state index contributed by atoms with van der Waals surface area (Å²) < 4.78 is 0. The van der Waals surface area contributed by atoms with Crippen molar-refractivity contribution in [1.82, 2.24) is 0 Å². The summed E-state index contributed by atoms with van der Waals surface area (Å²) in [7, 11) is 0. The number of hydrogen-bond acceptors (Lipinski definition) is 3. The third kappa shape index (κ3) is 10.6. The molecule has 0 aliphatic rings. The highest BCUT2D eigenvalue weighted by molar-refractivity contribution is 4.75. The summed E-state index contributed by atoms with van der Waals surface area (Å²) >= 11 is 0. The Labute approximate surface area is 125 Å². The lowest BCUT2D eigenvalue weighted by atomic mass is 9.98. The van der Waals surface area contributed by atoms with Crippen molar-refractivity contribution < 1.29 is 15.3 Å². The maximum absolute atomic E-state index is 9.88. The Balaban J connectivity index is 3.55. The van der Waals surface area contributed by atoms with Crippen LogP contribution < -0.4 is 0 Å². The molecule has 0 saturated heterocycles. The lowest BCUT2D eigenvalue weighted by Gasteiger charge is -2.23. The van der Waals surface area contributed by atoms with E-state index in [4.69, 9.17) is 0 Å². The van der Waals surface area contributed by atoms with Gasteiger partial charge in [0.1, 0.15) is 6.10 Å². The van der Waals surface area contributed by atoms with Gasteiger partial charge in [-0.2, -0.15) is 0 Å². The largest absolute Gasteiger partial charge is 0.390 e. The number of aliphatic hydroxyl groups is 3. The van der Waals surface area contributed by atoms with Crippen LogP contribution in [-0.2, 0) is 0 Å². The van der Waals surface area contributed by atoms with Crippen molar-refractivity contribution >= 4 is 0 Å². The molecular formula is C17H36O3. The molecule has 0 radical (unpaired) electrons. The minimum absolute atomic E-state index is 0.586. The SMILES string of the molecule is CCCCCCCCCC(O)C(O)C(O)CCCCC. The molecule has 3 atom stereocenters. The van der Waals surface area contributed by atoms with Crippen molar-refractivity contribution in [3.63, 3.8) is 0 Å². The van der Waals surface area contributed by atoms with Crippen LogP contribution in [0.1, 0.15) is 90.9 Å². The quantitative estimate of drug-likeness (QED) is 0.426. The normalized spacial score (nSPS) is 16.1. The van der Waals surface area contributed by atoms with Crippen LogP contribution in [0.5, 0.6) is 0 Å². The van der Waals surface area contributed by atoms with Crippen LogP contribution >= 0.6 is 0 Å². The van der Waals surface area contributed by atoms with Gasteiger partial charge in [-0.05, 0) is 12.8 Å². The lowest BCUT2D eigenvalue weighted by molar-refractivity contribution is -0.0652. The molecule has 3 nitrogen and oxygen atoms in total. The van der Waals surface area contributed by atoms with E-state index in [1.54, 1.807) is 0 Å². The van der Waals surface area contributed by atoms with Crippen molar-refractivity contribution in [1.29, 1.82) is 0 Å². The summed E-state index contributed by atoms with van der Waals surface area (Å²) in [5.41, 5.74) is 0. The third-order valence-electron chi connectivity index (χ3n) is 4.00. The molecule has 0 heterocycles. The standard InChI is InChI=1S/C17H36O3/c1-3-5-7-8-9-10-12-14-16(19)17(20)15(18)13-11-6-4-2/h15-20H,3-14H2,1-2H3. The summed E-state index contributed by atoms with van der Waals surface area (Å²) in [5.74, 6) is 0. The van der Waals surface area contributed by atoms with E-state index in [9.17, 15) is 15.3 Å². The molecule has 0 aromatic carbocycles. The van der Waals surface area contributed by atoms with Crippen LogP contribution in [-0.4, -0.2) is 33.6 Å². The molecule has 0 amide bonds. The smallest absolute Gasteiger partial charge is 0.106 e. The predicted octanol–water partition coefficient (Wildman–Crippen LogP) is 3.79. The molecule has 3 heteroatoms. The zero-order valence-corrected chi connectivity index (χ0v) is 13.6. The van der Waals surface area contributed by atoms with Gasteiger partial charge in [-0.3, -0.25) is 0 Å². The molecule has 0 fully saturated rings. The Morgan fingerprint density at radius 1 is 0.550 bits per heavy atom. The van der Waals surface area contributed by atoms with Crippen LogP contribution in [0.15, 0.2) is 0 Å². The Morgan fingerprint density at radius 2 is 0.900 bits per heavy atom. The molecule has 3 unspecified atom stereocenters. The van der Waals surface area contributed by atoms with Crippen LogP contribution in [0.2, 0.25) is 0 Å². The van der Waals surface area contributed by atoms with Gasteiger partial charge in [0.15, 0.2) is 0 Å². The van der Waals surface area contributed by atoms with Gasteiger partial charge >= 0.3 is 0 Å². The molecule has 122 valence electrons. The van der Waals surface area contributed by atoms with Gasteiger partial charge in [0.05, 0.1) is 12.2 Å². The minimum atomic E-state index is -0.980. The molecular weight excluding hydrogens is 252 g/mol. The molecule has 0 rings (SSSR count).